The van der Waals surface area contributed by atoms with Crippen molar-refractivity contribution in [3.05, 3.63) is 58.0 Å². The average molecular weight is 325 g/mol. The fraction of sp³-hybridized carbons (Fsp3) is 0.375. The van der Waals surface area contributed by atoms with Gasteiger partial charge in [-0.1, -0.05) is 29.3 Å². The molecule has 0 bridgehead atoms. The van der Waals surface area contributed by atoms with Gasteiger partial charge in [-0.05, 0) is 42.8 Å². The first-order valence-electron chi connectivity index (χ1n) is 7.19. The van der Waals surface area contributed by atoms with E-state index in [-0.39, 0.29) is 6.04 Å². The number of halogens is 2. The van der Waals surface area contributed by atoms with Gasteiger partial charge in [0.15, 0.2) is 0 Å². The lowest BCUT2D eigenvalue weighted by Crippen LogP contribution is -2.33. The van der Waals surface area contributed by atoms with Crippen LogP contribution in [0.15, 0.2) is 41.0 Å². The van der Waals surface area contributed by atoms with Crippen LogP contribution in [0, 0.1) is 0 Å². The minimum absolute atomic E-state index is 0.0321. The molecule has 1 aromatic heterocycles. The van der Waals surface area contributed by atoms with Crippen LogP contribution in [0.1, 0.15) is 23.8 Å². The van der Waals surface area contributed by atoms with Crippen molar-refractivity contribution in [3.8, 4) is 0 Å². The lowest BCUT2D eigenvalue weighted by molar-refractivity contribution is 0.216. The first-order chi connectivity index (χ1) is 10.3. The average Bonchev–Trinajstić information content (AvgIpc) is 2.85. The molecule has 1 saturated heterocycles. The lowest BCUT2D eigenvalue weighted by atomic mass is 10.0. The van der Waals surface area contributed by atoms with Crippen LogP contribution in [-0.4, -0.2) is 31.1 Å². The molecular weight excluding hydrogens is 307 g/mol. The van der Waals surface area contributed by atoms with E-state index >= 15 is 0 Å². The van der Waals surface area contributed by atoms with E-state index in [1.807, 2.05) is 24.3 Å². The quantitative estimate of drug-likeness (QED) is 0.925. The van der Waals surface area contributed by atoms with Gasteiger partial charge in [0.25, 0.3) is 0 Å². The molecule has 0 radical (unpaired) electrons. The standard InChI is InChI=1S/C16H18Cl2N2O/c17-12-4-5-13(14(18)11-12)16(15-3-1-10-21-15)20-8-2-6-19-7-9-20/h1,3-5,10-11,16,19H,2,6-9H2. The van der Waals surface area contributed by atoms with Crippen molar-refractivity contribution < 1.29 is 4.42 Å². The van der Waals surface area contributed by atoms with Crippen LogP contribution in [0.5, 0.6) is 0 Å². The topological polar surface area (TPSA) is 28.4 Å². The molecule has 1 N–H and O–H groups in total. The smallest absolute Gasteiger partial charge is 0.125 e. The van der Waals surface area contributed by atoms with Crippen LogP contribution < -0.4 is 5.32 Å². The molecule has 2 aromatic rings. The Bertz CT molecular complexity index is 578. The highest BCUT2D eigenvalue weighted by molar-refractivity contribution is 6.35. The van der Waals surface area contributed by atoms with Gasteiger partial charge in [0.05, 0.1) is 12.3 Å². The Kier molecular flexibility index (Phi) is 4.86. The first-order valence-corrected chi connectivity index (χ1v) is 7.94. The van der Waals surface area contributed by atoms with Gasteiger partial charge in [0.1, 0.15) is 5.76 Å². The summed E-state index contributed by atoms with van der Waals surface area (Å²) in [4.78, 5) is 2.41. The molecule has 2 heterocycles. The summed E-state index contributed by atoms with van der Waals surface area (Å²) in [6, 6.07) is 9.63. The van der Waals surface area contributed by atoms with Gasteiger partial charge in [0.2, 0.25) is 0 Å². The van der Waals surface area contributed by atoms with Gasteiger partial charge >= 0.3 is 0 Å². The highest BCUT2D eigenvalue weighted by Crippen LogP contribution is 2.35. The number of furan rings is 1. The Morgan fingerprint density at radius 3 is 2.81 bits per heavy atom. The second-order valence-electron chi connectivity index (χ2n) is 5.22. The molecule has 1 aliphatic heterocycles. The van der Waals surface area contributed by atoms with Crippen LogP contribution in [0.25, 0.3) is 0 Å². The van der Waals surface area contributed by atoms with Crippen molar-refractivity contribution in [1.29, 1.82) is 0 Å². The van der Waals surface area contributed by atoms with E-state index in [4.69, 9.17) is 27.6 Å². The fourth-order valence-electron chi connectivity index (χ4n) is 2.82. The van der Waals surface area contributed by atoms with Crippen molar-refractivity contribution in [2.75, 3.05) is 26.2 Å². The van der Waals surface area contributed by atoms with Crippen LogP contribution in [-0.2, 0) is 0 Å². The van der Waals surface area contributed by atoms with Gasteiger partial charge in [-0.15, -0.1) is 0 Å². The maximum Gasteiger partial charge on any atom is 0.125 e. The van der Waals surface area contributed by atoms with Gasteiger partial charge in [-0.25, -0.2) is 0 Å². The Hall–Kier alpha value is -1.00. The van der Waals surface area contributed by atoms with Gasteiger partial charge in [-0.2, -0.15) is 0 Å². The monoisotopic (exact) mass is 324 g/mol. The molecule has 5 heteroatoms. The summed E-state index contributed by atoms with van der Waals surface area (Å²) in [6.07, 6.45) is 2.82. The normalized spacial score (nSPS) is 18.4. The van der Waals surface area contributed by atoms with Crippen molar-refractivity contribution in [2.24, 2.45) is 0 Å². The summed E-state index contributed by atoms with van der Waals surface area (Å²) in [5.74, 6) is 0.918. The number of rotatable bonds is 3. The first kappa shape index (κ1) is 14.9. The van der Waals surface area contributed by atoms with Crippen molar-refractivity contribution >= 4 is 23.2 Å². The minimum atomic E-state index is 0.0321. The third-order valence-electron chi connectivity index (χ3n) is 3.81. The SMILES string of the molecule is Clc1ccc(C(c2ccco2)N2CCCNCC2)c(Cl)c1. The Morgan fingerprint density at radius 2 is 2.05 bits per heavy atom. The molecule has 1 fully saturated rings. The van der Waals surface area contributed by atoms with Crippen LogP contribution in [0.4, 0.5) is 0 Å². The zero-order chi connectivity index (χ0) is 14.7. The predicted octanol–water partition coefficient (Wildman–Crippen LogP) is 3.97. The van der Waals surface area contributed by atoms with Gasteiger partial charge in [-0.3, -0.25) is 4.90 Å². The zero-order valence-electron chi connectivity index (χ0n) is 11.7. The van der Waals surface area contributed by atoms with E-state index in [9.17, 15) is 0 Å². The molecule has 21 heavy (non-hydrogen) atoms. The third-order valence-corrected chi connectivity index (χ3v) is 4.37. The number of benzene rings is 1. The minimum Gasteiger partial charge on any atom is -0.467 e. The van der Waals surface area contributed by atoms with Gasteiger partial charge < -0.3 is 9.73 Å². The highest BCUT2D eigenvalue weighted by Gasteiger charge is 2.27. The van der Waals surface area contributed by atoms with E-state index < -0.39 is 0 Å². The molecule has 0 saturated carbocycles. The maximum absolute atomic E-state index is 6.43. The molecule has 1 atom stereocenters. The summed E-state index contributed by atoms with van der Waals surface area (Å²) < 4.78 is 5.68. The predicted molar refractivity (Wildman–Crippen MR) is 86.1 cm³/mol. The number of nitrogens with zero attached hydrogens (tertiary/aromatic N) is 1. The highest BCUT2D eigenvalue weighted by atomic mass is 35.5. The Morgan fingerprint density at radius 1 is 1.14 bits per heavy atom. The summed E-state index contributed by atoms with van der Waals surface area (Å²) in [5.41, 5.74) is 1.04. The van der Waals surface area contributed by atoms with E-state index in [2.05, 4.69) is 10.2 Å². The van der Waals surface area contributed by atoms with E-state index in [1.54, 1.807) is 12.3 Å². The summed E-state index contributed by atoms with van der Waals surface area (Å²) in [7, 11) is 0. The molecule has 1 aromatic carbocycles. The van der Waals surface area contributed by atoms with Crippen molar-refractivity contribution in [3.63, 3.8) is 0 Å². The molecule has 3 rings (SSSR count). The van der Waals surface area contributed by atoms with Crippen LogP contribution >= 0.6 is 23.2 Å². The molecule has 0 amide bonds. The van der Waals surface area contributed by atoms with E-state index in [0.717, 1.165) is 43.9 Å². The molecule has 112 valence electrons. The molecule has 1 unspecified atom stereocenters. The second-order valence-corrected chi connectivity index (χ2v) is 6.07. The fourth-order valence-corrected chi connectivity index (χ4v) is 3.34. The van der Waals surface area contributed by atoms with Crippen molar-refractivity contribution in [1.82, 2.24) is 10.2 Å². The van der Waals surface area contributed by atoms with Crippen LogP contribution in [0.2, 0.25) is 10.0 Å². The maximum atomic E-state index is 6.43. The van der Waals surface area contributed by atoms with E-state index in [1.165, 1.54) is 0 Å². The largest absolute Gasteiger partial charge is 0.467 e. The number of hydrogen-bond donors (Lipinski definition) is 1. The molecular formula is C16H18Cl2N2O. The summed E-state index contributed by atoms with van der Waals surface area (Å²) in [6.45, 7) is 4.00. The summed E-state index contributed by atoms with van der Waals surface area (Å²) in [5, 5.41) is 4.76. The molecule has 0 spiro atoms. The molecule has 0 aliphatic carbocycles. The Labute approximate surface area is 134 Å². The summed E-state index contributed by atoms with van der Waals surface area (Å²) >= 11 is 12.5. The lowest BCUT2D eigenvalue weighted by Gasteiger charge is -2.30. The Balaban J connectivity index is 1.99. The van der Waals surface area contributed by atoms with E-state index in [0.29, 0.717) is 10.0 Å². The van der Waals surface area contributed by atoms with Crippen molar-refractivity contribution in [2.45, 2.75) is 12.5 Å². The second kappa shape index (κ2) is 6.84. The zero-order valence-corrected chi connectivity index (χ0v) is 13.2. The number of hydrogen-bond acceptors (Lipinski definition) is 3. The van der Waals surface area contributed by atoms with Gasteiger partial charge in [0, 0.05) is 29.7 Å². The molecule has 3 nitrogen and oxygen atoms in total. The molecule has 1 aliphatic rings. The van der Waals surface area contributed by atoms with Crippen LogP contribution in [0.3, 0.4) is 0 Å². The number of nitrogens with one attached hydrogen (secondary N) is 1. The third kappa shape index (κ3) is 3.43.